The minimum atomic E-state index is -1.85. The number of fused-ring (bicyclic) bond motifs is 1. The van der Waals surface area contributed by atoms with Crippen LogP contribution in [0, 0.1) is 5.92 Å². The fourth-order valence-corrected chi connectivity index (χ4v) is 4.83. The third-order valence-corrected chi connectivity index (χ3v) is 6.98. The molecular formula is C28H34N4O5. The van der Waals surface area contributed by atoms with Gasteiger partial charge >= 0.3 is 0 Å². The van der Waals surface area contributed by atoms with Gasteiger partial charge in [0.2, 0.25) is 11.8 Å². The van der Waals surface area contributed by atoms with Crippen molar-refractivity contribution in [3.8, 4) is 0 Å². The largest absolute Gasteiger partial charge is 0.395 e. The second-order valence-corrected chi connectivity index (χ2v) is 9.56. The zero-order valence-corrected chi connectivity index (χ0v) is 20.9. The van der Waals surface area contributed by atoms with Gasteiger partial charge in [-0.15, -0.1) is 0 Å². The first kappa shape index (κ1) is 26.5. The van der Waals surface area contributed by atoms with Crippen LogP contribution >= 0.6 is 0 Å². The van der Waals surface area contributed by atoms with Gasteiger partial charge in [-0.1, -0.05) is 49.4 Å². The number of rotatable bonds is 10. The Kier molecular flexibility index (Phi) is 8.38. The molecule has 0 unspecified atom stereocenters. The Morgan fingerprint density at radius 2 is 2.03 bits per heavy atom. The first-order chi connectivity index (χ1) is 17.8. The molecule has 0 saturated carbocycles. The van der Waals surface area contributed by atoms with Crippen LogP contribution in [0.3, 0.4) is 0 Å². The summed E-state index contributed by atoms with van der Waals surface area (Å²) in [7, 11) is 0. The summed E-state index contributed by atoms with van der Waals surface area (Å²) < 4.78 is 0. The molecule has 2 aromatic carbocycles. The fourth-order valence-electron chi connectivity index (χ4n) is 4.83. The molecule has 0 bridgehead atoms. The summed E-state index contributed by atoms with van der Waals surface area (Å²) in [6.07, 6.45) is 5.06. The van der Waals surface area contributed by atoms with Crippen LogP contribution < -0.4 is 16.0 Å². The summed E-state index contributed by atoms with van der Waals surface area (Å²) in [6, 6.07) is 14.3. The summed E-state index contributed by atoms with van der Waals surface area (Å²) in [4.78, 5) is 39.7. The molecule has 2 heterocycles. The van der Waals surface area contributed by atoms with E-state index in [2.05, 4.69) is 16.0 Å². The van der Waals surface area contributed by atoms with E-state index in [-0.39, 0.29) is 37.4 Å². The lowest BCUT2D eigenvalue weighted by molar-refractivity contribution is -0.137. The predicted molar refractivity (Wildman–Crippen MR) is 140 cm³/mol. The molecule has 2 aliphatic rings. The molecule has 0 aliphatic carbocycles. The Bertz CT molecular complexity index is 1160. The van der Waals surface area contributed by atoms with Crippen LogP contribution in [0.2, 0.25) is 0 Å². The van der Waals surface area contributed by atoms with Crippen molar-refractivity contribution >= 4 is 29.1 Å². The van der Waals surface area contributed by atoms with E-state index in [1.54, 1.807) is 42.2 Å². The number of nitrogens with one attached hydrogen (secondary N) is 3. The number of hydrogen-bond donors (Lipinski definition) is 5. The van der Waals surface area contributed by atoms with E-state index in [4.69, 9.17) is 0 Å². The minimum Gasteiger partial charge on any atom is -0.395 e. The highest BCUT2D eigenvalue weighted by molar-refractivity contribution is 6.06. The number of aliphatic hydroxyl groups is 2. The van der Waals surface area contributed by atoms with E-state index >= 15 is 0 Å². The number of carbonyl (C=O) groups is 3. The van der Waals surface area contributed by atoms with Crippen LogP contribution in [0.1, 0.15) is 37.3 Å². The molecule has 3 amide bonds. The highest BCUT2D eigenvalue weighted by atomic mass is 16.3. The summed E-state index contributed by atoms with van der Waals surface area (Å²) >= 11 is 0. The average Bonchev–Trinajstić information content (AvgIpc) is 3.52. The summed E-state index contributed by atoms with van der Waals surface area (Å²) in [5.41, 5.74) is 0.471. The van der Waals surface area contributed by atoms with Crippen molar-refractivity contribution in [2.24, 2.45) is 5.92 Å². The lowest BCUT2D eigenvalue weighted by Crippen LogP contribution is -2.40. The SMILES string of the molecule is C[C@H](/C=C/CC(=O)N(CCO)Cc1ccccc1)[C@@]1(O)C(=O)Nc2ccc(NC(=O)[C@H]3CCCN3)cc21. The lowest BCUT2D eigenvalue weighted by Gasteiger charge is -2.26. The minimum absolute atomic E-state index is 0.0617. The number of hydrogen-bond acceptors (Lipinski definition) is 6. The van der Waals surface area contributed by atoms with Crippen molar-refractivity contribution in [1.82, 2.24) is 10.2 Å². The van der Waals surface area contributed by atoms with Gasteiger partial charge in [0, 0.05) is 42.4 Å². The predicted octanol–water partition coefficient (Wildman–Crippen LogP) is 2.12. The Balaban J connectivity index is 1.44. The molecule has 9 nitrogen and oxygen atoms in total. The monoisotopic (exact) mass is 506 g/mol. The van der Waals surface area contributed by atoms with Gasteiger partial charge in [0.05, 0.1) is 12.6 Å². The van der Waals surface area contributed by atoms with E-state index in [0.29, 0.717) is 23.5 Å². The van der Waals surface area contributed by atoms with Crippen LogP contribution in [-0.4, -0.2) is 58.6 Å². The van der Waals surface area contributed by atoms with Crippen molar-refractivity contribution < 1.29 is 24.6 Å². The number of benzene rings is 2. The van der Waals surface area contributed by atoms with E-state index in [1.807, 2.05) is 30.3 Å². The van der Waals surface area contributed by atoms with Crippen molar-refractivity contribution in [2.45, 2.75) is 44.4 Å². The smallest absolute Gasteiger partial charge is 0.261 e. The summed E-state index contributed by atoms with van der Waals surface area (Å²) in [5.74, 6) is -1.52. The average molecular weight is 507 g/mol. The van der Waals surface area contributed by atoms with Crippen molar-refractivity contribution in [1.29, 1.82) is 0 Å². The van der Waals surface area contributed by atoms with E-state index < -0.39 is 17.4 Å². The van der Waals surface area contributed by atoms with Gasteiger partial charge in [0.1, 0.15) is 0 Å². The maximum Gasteiger partial charge on any atom is 0.261 e. The molecular weight excluding hydrogens is 472 g/mol. The van der Waals surface area contributed by atoms with Gasteiger partial charge in [-0.2, -0.15) is 0 Å². The van der Waals surface area contributed by atoms with E-state index in [9.17, 15) is 24.6 Å². The standard InChI is InChI=1S/C28H34N4O5/c1-19(7-5-11-25(34)32(15-16-33)18-20-8-3-2-4-9-20)28(37)22-17-21(12-13-23(22)31-27(28)36)30-26(35)24-10-6-14-29-24/h2-5,7-9,12-13,17,19,24,29,33,37H,6,10-11,14-16,18H2,1H3,(H,30,35)(H,31,36)/b7-5+/t19-,24-,28+/m1/s1. The Morgan fingerprint density at radius 1 is 1.24 bits per heavy atom. The number of anilines is 2. The molecule has 3 atom stereocenters. The van der Waals surface area contributed by atoms with Crippen molar-refractivity contribution in [2.75, 3.05) is 30.3 Å². The fraction of sp³-hybridized carbons (Fsp3) is 0.393. The zero-order chi connectivity index (χ0) is 26.4. The first-order valence-corrected chi connectivity index (χ1v) is 12.6. The van der Waals surface area contributed by atoms with Crippen LogP contribution in [0.25, 0.3) is 0 Å². The zero-order valence-electron chi connectivity index (χ0n) is 20.9. The molecule has 0 aromatic heterocycles. The molecule has 37 heavy (non-hydrogen) atoms. The van der Waals surface area contributed by atoms with Crippen LogP contribution in [0.4, 0.5) is 11.4 Å². The van der Waals surface area contributed by atoms with Gasteiger partial charge in [-0.25, -0.2) is 0 Å². The van der Waals surface area contributed by atoms with Crippen molar-refractivity contribution in [3.05, 3.63) is 71.8 Å². The third-order valence-electron chi connectivity index (χ3n) is 6.98. The normalized spacial score (nSPS) is 21.5. The Hall–Kier alpha value is -3.53. The second kappa shape index (κ2) is 11.7. The molecule has 9 heteroatoms. The van der Waals surface area contributed by atoms with Crippen molar-refractivity contribution in [3.63, 3.8) is 0 Å². The first-order valence-electron chi connectivity index (χ1n) is 12.6. The quantitative estimate of drug-likeness (QED) is 0.314. The molecule has 1 fully saturated rings. The molecule has 2 aliphatic heterocycles. The molecule has 5 N–H and O–H groups in total. The lowest BCUT2D eigenvalue weighted by atomic mass is 9.82. The molecule has 0 radical (unpaired) electrons. The molecule has 196 valence electrons. The molecule has 1 saturated heterocycles. The van der Waals surface area contributed by atoms with Crippen LogP contribution in [0.15, 0.2) is 60.7 Å². The highest BCUT2D eigenvalue weighted by Crippen LogP contribution is 2.43. The molecule has 2 aromatic rings. The molecule has 4 rings (SSSR count). The summed E-state index contributed by atoms with van der Waals surface area (Å²) in [5, 5.41) is 29.6. The number of aliphatic hydroxyl groups excluding tert-OH is 1. The van der Waals surface area contributed by atoms with E-state index in [0.717, 1.165) is 24.9 Å². The van der Waals surface area contributed by atoms with Crippen LogP contribution in [-0.2, 0) is 26.5 Å². The molecule has 0 spiro atoms. The van der Waals surface area contributed by atoms with Gasteiger partial charge in [0.15, 0.2) is 5.60 Å². The highest BCUT2D eigenvalue weighted by Gasteiger charge is 2.48. The topological polar surface area (TPSA) is 131 Å². The number of carbonyl (C=O) groups excluding carboxylic acids is 3. The third kappa shape index (κ3) is 5.90. The Morgan fingerprint density at radius 3 is 2.73 bits per heavy atom. The van der Waals surface area contributed by atoms with E-state index in [1.165, 1.54) is 0 Å². The summed E-state index contributed by atoms with van der Waals surface area (Å²) in [6.45, 7) is 2.96. The maximum absolute atomic E-state index is 12.8. The van der Waals surface area contributed by atoms with Gasteiger partial charge in [-0.05, 0) is 43.1 Å². The van der Waals surface area contributed by atoms with Gasteiger partial charge in [0.25, 0.3) is 5.91 Å². The maximum atomic E-state index is 12.8. The van der Waals surface area contributed by atoms with Crippen LogP contribution in [0.5, 0.6) is 0 Å². The second-order valence-electron chi connectivity index (χ2n) is 9.56. The number of nitrogens with zero attached hydrogens (tertiary/aromatic N) is 1. The van der Waals surface area contributed by atoms with Gasteiger partial charge < -0.3 is 31.1 Å². The van der Waals surface area contributed by atoms with Gasteiger partial charge in [-0.3, -0.25) is 14.4 Å². The Labute approximate surface area is 216 Å². The number of amides is 3.